The Labute approximate surface area is 240 Å². The maximum Gasteiger partial charge on any atom is 0.423 e. The molecule has 0 bridgehead atoms. The SMILES string of the molecule is [B]C(Nc1cc(Cl)c2ncc(C#N)c(NCC(C)(C)C)c2c1)(c1cccc(C#N)c1)c1cn(C(F)(F)C(N)=O)nn1. The van der Waals surface area contributed by atoms with Crippen LogP contribution in [0, 0.1) is 28.1 Å². The fraction of sp³-hybridized carbons (Fsp3) is 0.259. The number of hydrogen-bond acceptors (Lipinski definition) is 8. The molecule has 1 amide bonds. The van der Waals surface area contributed by atoms with Gasteiger partial charge in [-0.1, -0.05) is 49.7 Å². The zero-order chi connectivity index (χ0) is 30.2. The molecule has 2 heterocycles. The largest absolute Gasteiger partial charge is 0.423 e. The number of nitrogens with zero attached hydrogens (tertiary/aromatic N) is 6. The molecule has 0 saturated heterocycles. The molecule has 14 heteroatoms. The van der Waals surface area contributed by atoms with Crippen molar-refractivity contribution in [2.75, 3.05) is 17.2 Å². The molecule has 0 aliphatic heterocycles. The van der Waals surface area contributed by atoms with E-state index < -0.39 is 17.4 Å². The maximum atomic E-state index is 14.4. The van der Waals surface area contributed by atoms with Gasteiger partial charge in [0.2, 0.25) is 0 Å². The van der Waals surface area contributed by atoms with E-state index in [1.54, 1.807) is 18.2 Å². The molecule has 0 fully saturated rings. The number of halogens is 3. The number of anilines is 2. The normalized spacial score (nSPS) is 13.2. The lowest BCUT2D eigenvalue weighted by Crippen LogP contribution is -2.40. The van der Waals surface area contributed by atoms with E-state index in [2.05, 4.69) is 32.0 Å². The minimum absolute atomic E-state index is 0.00705. The Bertz CT molecular complexity index is 1740. The van der Waals surface area contributed by atoms with Crippen molar-refractivity contribution in [3.63, 3.8) is 0 Å². The average molecular weight is 574 g/mol. The van der Waals surface area contributed by atoms with Gasteiger partial charge in [0.1, 0.15) is 19.6 Å². The smallest absolute Gasteiger partial charge is 0.383 e. The Morgan fingerprint density at radius 1 is 1.20 bits per heavy atom. The number of primary amides is 1. The van der Waals surface area contributed by atoms with Crippen molar-refractivity contribution >= 4 is 47.6 Å². The highest BCUT2D eigenvalue weighted by Crippen LogP contribution is 2.37. The maximum absolute atomic E-state index is 14.4. The number of nitrogens with one attached hydrogen (secondary N) is 2. The predicted molar refractivity (Wildman–Crippen MR) is 150 cm³/mol. The minimum Gasteiger partial charge on any atom is -0.383 e. The third kappa shape index (κ3) is 5.76. The molecule has 1 unspecified atom stereocenters. The Morgan fingerprint density at radius 2 is 1.93 bits per heavy atom. The van der Waals surface area contributed by atoms with E-state index in [9.17, 15) is 24.1 Å². The van der Waals surface area contributed by atoms with Crippen molar-refractivity contribution in [3.05, 3.63) is 76.2 Å². The predicted octanol–water partition coefficient (Wildman–Crippen LogP) is 4.20. The van der Waals surface area contributed by atoms with Crippen molar-refractivity contribution in [2.24, 2.45) is 11.1 Å². The van der Waals surface area contributed by atoms with Gasteiger partial charge < -0.3 is 16.4 Å². The molecule has 4 aromatic rings. The van der Waals surface area contributed by atoms with Crippen molar-refractivity contribution in [3.8, 4) is 12.1 Å². The van der Waals surface area contributed by atoms with Crippen molar-refractivity contribution < 1.29 is 13.6 Å². The number of pyridine rings is 1. The summed E-state index contributed by atoms with van der Waals surface area (Å²) in [7, 11) is 6.81. The van der Waals surface area contributed by atoms with Crippen LogP contribution in [-0.2, 0) is 16.3 Å². The fourth-order valence-electron chi connectivity index (χ4n) is 4.00. The highest BCUT2D eigenvalue weighted by atomic mass is 35.5. The number of nitriles is 2. The van der Waals surface area contributed by atoms with Gasteiger partial charge in [0.05, 0.1) is 45.1 Å². The summed E-state index contributed by atoms with van der Waals surface area (Å²) in [5.74, 6) is -1.94. The van der Waals surface area contributed by atoms with Gasteiger partial charge in [-0.05, 0) is 35.2 Å². The van der Waals surface area contributed by atoms with Gasteiger partial charge in [-0.15, -0.1) is 5.10 Å². The number of aromatic nitrogens is 4. The number of hydrogen-bond donors (Lipinski definition) is 3. The summed E-state index contributed by atoms with van der Waals surface area (Å²) in [5, 5.41) is 33.5. The molecule has 0 spiro atoms. The van der Waals surface area contributed by atoms with Crippen LogP contribution in [0.15, 0.2) is 48.8 Å². The van der Waals surface area contributed by atoms with E-state index in [-0.39, 0.29) is 37.5 Å². The lowest BCUT2D eigenvalue weighted by Gasteiger charge is -2.32. The summed E-state index contributed by atoms with van der Waals surface area (Å²) in [6.45, 7) is 6.61. The van der Waals surface area contributed by atoms with Gasteiger partial charge in [-0.3, -0.25) is 9.78 Å². The lowest BCUT2D eigenvalue weighted by atomic mass is 9.69. The molecule has 0 aliphatic carbocycles. The van der Waals surface area contributed by atoms with E-state index in [0.717, 1.165) is 6.20 Å². The van der Waals surface area contributed by atoms with Crippen molar-refractivity contribution in [1.82, 2.24) is 20.0 Å². The van der Waals surface area contributed by atoms with Crippen molar-refractivity contribution in [2.45, 2.75) is 32.3 Å². The van der Waals surface area contributed by atoms with E-state index in [4.69, 9.17) is 25.2 Å². The van der Waals surface area contributed by atoms with Gasteiger partial charge in [0.15, 0.2) is 0 Å². The summed E-state index contributed by atoms with van der Waals surface area (Å²) < 4.78 is 28.7. The van der Waals surface area contributed by atoms with Crippen LogP contribution >= 0.6 is 11.6 Å². The molecule has 4 N–H and O–H groups in total. The molecule has 0 saturated carbocycles. The van der Waals surface area contributed by atoms with Gasteiger partial charge >= 0.3 is 12.0 Å². The summed E-state index contributed by atoms with van der Waals surface area (Å²) in [6.07, 6.45) is 2.20. The van der Waals surface area contributed by atoms with Gasteiger partial charge in [-0.25, -0.2) is 0 Å². The molecule has 2 aromatic carbocycles. The third-order valence-electron chi connectivity index (χ3n) is 6.11. The number of carbonyl (C=O) groups is 1. The van der Waals surface area contributed by atoms with E-state index in [0.29, 0.717) is 28.8 Å². The number of nitrogens with two attached hydrogens (primary N) is 1. The quantitative estimate of drug-likeness (QED) is 0.265. The van der Waals surface area contributed by atoms with Gasteiger partial charge in [-0.2, -0.15) is 24.0 Å². The first-order valence-electron chi connectivity index (χ1n) is 12.1. The summed E-state index contributed by atoms with van der Waals surface area (Å²) in [4.78, 5) is 15.7. The van der Waals surface area contributed by atoms with Crippen molar-refractivity contribution in [1.29, 1.82) is 10.5 Å². The molecule has 0 aliphatic rings. The lowest BCUT2D eigenvalue weighted by molar-refractivity contribution is -0.159. The van der Waals surface area contributed by atoms with E-state index in [1.807, 2.05) is 26.8 Å². The Hall–Kier alpha value is -4.75. The average Bonchev–Trinajstić information content (AvgIpc) is 3.43. The molecule has 2 radical (unpaired) electrons. The molecular formula is C27H23BClF2N9O. The first kappa shape index (κ1) is 29.2. The van der Waals surface area contributed by atoms with Crippen LogP contribution in [-0.4, -0.2) is 40.3 Å². The minimum atomic E-state index is -4.18. The Kier molecular flexibility index (Phi) is 7.61. The number of fused-ring (bicyclic) bond motifs is 1. The first-order chi connectivity index (χ1) is 19.2. The summed E-state index contributed by atoms with van der Waals surface area (Å²) in [6, 6.07) is 9.24. The summed E-state index contributed by atoms with van der Waals surface area (Å²) >= 11 is 6.61. The van der Waals surface area contributed by atoms with Crippen LogP contribution in [0.3, 0.4) is 0 Å². The van der Waals surface area contributed by atoms with Gasteiger partial charge in [0.25, 0.3) is 0 Å². The summed E-state index contributed by atoms with van der Waals surface area (Å²) in [5.41, 5.74) is 4.63. The standard InChI is InChI=1S/C27H23BClF2N9O/c1-25(2,3)14-36-22-16(11-33)12-35-23-19(22)8-18(9-20(23)29)37-26(28,17-6-4-5-15(7-17)10-32)21-13-40(39-38-21)27(30,31)24(34)41/h4-9,12-13,37H,14H2,1-3H3,(H2,34,41)(H,35,36). The Balaban J connectivity index is 1.90. The second-order valence-corrected chi connectivity index (χ2v) is 10.9. The highest BCUT2D eigenvalue weighted by molar-refractivity contribution is 6.36. The topological polar surface area (TPSA) is 158 Å². The van der Waals surface area contributed by atoms with Crippen LogP contribution in [0.1, 0.15) is 43.2 Å². The molecule has 1 atom stereocenters. The van der Waals surface area contributed by atoms with Crippen LogP contribution in [0.4, 0.5) is 20.2 Å². The second kappa shape index (κ2) is 10.7. The molecule has 10 nitrogen and oxygen atoms in total. The van der Waals surface area contributed by atoms with Crippen LogP contribution in [0.2, 0.25) is 5.02 Å². The number of amides is 1. The third-order valence-corrected chi connectivity index (χ3v) is 6.40. The molecule has 2 aromatic heterocycles. The number of carbonyl (C=O) groups excluding carboxylic acids is 1. The second-order valence-electron chi connectivity index (χ2n) is 10.5. The van der Waals surface area contributed by atoms with E-state index >= 15 is 0 Å². The van der Waals surface area contributed by atoms with Gasteiger partial charge in [0, 0.05) is 23.8 Å². The zero-order valence-electron chi connectivity index (χ0n) is 22.2. The molecule has 206 valence electrons. The number of benzene rings is 2. The van der Waals surface area contributed by atoms with E-state index in [1.165, 1.54) is 24.4 Å². The van der Waals surface area contributed by atoms with Crippen LogP contribution in [0.5, 0.6) is 0 Å². The monoisotopic (exact) mass is 573 g/mol. The van der Waals surface area contributed by atoms with Crippen LogP contribution in [0.25, 0.3) is 10.9 Å². The Morgan fingerprint density at radius 3 is 2.56 bits per heavy atom. The number of rotatable bonds is 8. The zero-order valence-corrected chi connectivity index (χ0v) is 23.0. The first-order valence-corrected chi connectivity index (χ1v) is 12.5. The van der Waals surface area contributed by atoms with Crippen LogP contribution < -0.4 is 16.4 Å². The highest BCUT2D eigenvalue weighted by Gasteiger charge is 2.42. The molecule has 4 rings (SSSR count). The fourth-order valence-corrected chi connectivity index (χ4v) is 4.27. The molecular weight excluding hydrogens is 551 g/mol. The number of alkyl halides is 2. The molecule has 41 heavy (non-hydrogen) atoms.